The molecule has 0 radical (unpaired) electrons. The van der Waals surface area contributed by atoms with E-state index in [0.717, 1.165) is 23.0 Å². The first-order valence-electron chi connectivity index (χ1n) is 6.11. The van der Waals surface area contributed by atoms with E-state index in [1.54, 1.807) is 6.20 Å². The molecule has 0 aliphatic heterocycles. The molecule has 98 valence electrons. The first-order chi connectivity index (χ1) is 8.70. The number of nitrogens with one attached hydrogen (secondary N) is 1. The van der Waals surface area contributed by atoms with Gasteiger partial charge in [-0.05, 0) is 31.2 Å². The molecule has 0 fully saturated rings. The number of aliphatic hydroxyl groups excluding tert-OH is 2. The highest BCUT2D eigenvalue weighted by atomic mass is 16.3. The molecule has 5 heteroatoms. The minimum atomic E-state index is -0.481. The van der Waals surface area contributed by atoms with E-state index >= 15 is 0 Å². The smallest absolute Gasteiger partial charge is 0.0802 e. The average Bonchev–Trinajstić information content (AvgIpc) is 2.83. The first-order valence-corrected chi connectivity index (χ1v) is 6.11. The Bertz CT molecular complexity index is 498. The number of fused-ring (bicyclic) bond motifs is 1. The van der Waals surface area contributed by atoms with Crippen molar-refractivity contribution in [2.45, 2.75) is 12.5 Å². The highest BCUT2D eigenvalue weighted by molar-refractivity contribution is 5.78. The second-order valence-corrected chi connectivity index (χ2v) is 4.55. The fourth-order valence-corrected chi connectivity index (χ4v) is 1.96. The third-order valence-electron chi connectivity index (χ3n) is 3.12. The first kappa shape index (κ1) is 13.0. The van der Waals surface area contributed by atoms with Gasteiger partial charge in [-0.15, -0.1) is 0 Å². The fraction of sp³-hybridized carbons (Fsp3) is 0.462. The molecule has 0 saturated heterocycles. The van der Waals surface area contributed by atoms with Gasteiger partial charge in [-0.2, -0.15) is 5.10 Å². The van der Waals surface area contributed by atoms with Crippen molar-refractivity contribution in [1.29, 1.82) is 0 Å². The van der Waals surface area contributed by atoms with Crippen LogP contribution in [0.2, 0.25) is 0 Å². The van der Waals surface area contributed by atoms with E-state index < -0.39 is 6.10 Å². The van der Waals surface area contributed by atoms with Gasteiger partial charge in [0.2, 0.25) is 0 Å². The number of benzene rings is 1. The summed E-state index contributed by atoms with van der Waals surface area (Å²) in [6.07, 6.45) is 1.92. The fourth-order valence-electron chi connectivity index (χ4n) is 1.96. The Labute approximate surface area is 106 Å². The molecule has 1 atom stereocenters. The number of H-pyrrole nitrogens is 1. The summed E-state index contributed by atoms with van der Waals surface area (Å²) in [5.41, 5.74) is 1.88. The van der Waals surface area contributed by atoms with E-state index in [9.17, 15) is 5.11 Å². The van der Waals surface area contributed by atoms with E-state index in [-0.39, 0.29) is 6.61 Å². The summed E-state index contributed by atoms with van der Waals surface area (Å²) < 4.78 is 0. The second-order valence-electron chi connectivity index (χ2n) is 4.55. The highest BCUT2D eigenvalue weighted by Gasteiger charge is 2.10. The lowest BCUT2D eigenvalue weighted by Gasteiger charge is -2.17. The normalized spacial score (nSPS) is 13.3. The third-order valence-corrected chi connectivity index (χ3v) is 3.12. The third kappa shape index (κ3) is 3.07. The van der Waals surface area contributed by atoms with E-state index in [4.69, 9.17) is 5.11 Å². The topological polar surface area (TPSA) is 72.4 Å². The van der Waals surface area contributed by atoms with Gasteiger partial charge in [0.05, 0.1) is 24.4 Å². The van der Waals surface area contributed by atoms with Gasteiger partial charge in [-0.3, -0.25) is 5.10 Å². The minimum Gasteiger partial charge on any atom is -0.395 e. The molecule has 1 aromatic heterocycles. The molecule has 1 unspecified atom stereocenters. The Morgan fingerprint density at radius 2 is 2.22 bits per heavy atom. The van der Waals surface area contributed by atoms with Crippen molar-refractivity contribution < 1.29 is 10.2 Å². The van der Waals surface area contributed by atoms with E-state index in [1.807, 2.05) is 30.1 Å². The van der Waals surface area contributed by atoms with Crippen LogP contribution in [0.3, 0.4) is 0 Å². The second kappa shape index (κ2) is 5.95. The SMILES string of the molecule is CN(CCO)CCC(O)c1ccc2[nH]ncc2c1. The van der Waals surface area contributed by atoms with Gasteiger partial charge in [0.15, 0.2) is 0 Å². The van der Waals surface area contributed by atoms with Crippen LogP contribution in [0.25, 0.3) is 10.9 Å². The summed E-state index contributed by atoms with van der Waals surface area (Å²) in [6, 6.07) is 5.80. The van der Waals surface area contributed by atoms with E-state index in [2.05, 4.69) is 10.2 Å². The Kier molecular flexibility index (Phi) is 4.30. The number of hydrogen-bond donors (Lipinski definition) is 3. The molecule has 0 spiro atoms. The molecule has 0 bridgehead atoms. The van der Waals surface area contributed by atoms with Crippen LogP contribution in [0.4, 0.5) is 0 Å². The van der Waals surface area contributed by atoms with Crippen LogP contribution in [0.15, 0.2) is 24.4 Å². The minimum absolute atomic E-state index is 0.146. The Balaban J connectivity index is 1.97. The summed E-state index contributed by atoms with van der Waals surface area (Å²) in [5, 5.41) is 26.8. The summed E-state index contributed by atoms with van der Waals surface area (Å²) in [6.45, 7) is 1.53. The molecule has 2 aromatic rings. The number of likely N-dealkylation sites (N-methyl/N-ethyl adjacent to an activating group) is 1. The van der Waals surface area contributed by atoms with Crippen molar-refractivity contribution >= 4 is 10.9 Å². The number of rotatable bonds is 6. The van der Waals surface area contributed by atoms with Gasteiger partial charge in [0.25, 0.3) is 0 Å². The molecular weight excluding hydrogens is 230 g/mol. The maximum atomic E-state index is 10.1. The van der Waals surface area contributed by atoms with Gasteiger partial charge in [-0.25, -0.2) is 0 Å². The molecule has 2 rings (SSSR count). The van der Waals surface area contributed by atoms with Crippen LogP contribution in [-0.4, -0.2) is 52.1 Å². The lowest BCUT2D eigenvalue weighted by atomic mass is 10.0. The predicted molar refractivity (Wildman–Crippen MR) is 70.3 cm³/mol. The van der Waals surface area contributed by atoms with Crippen LogP contribution < -0.4 is 0 Å². The number of nitrogens with zero attached hydrogens (tertiary/aromatic N) is 2. The Hall–Kier alpha value is -1.43. The predicted octanol–water partition coefficient (Wildman–Crippen LogP) is 0.910. The van der Waals surface area contributed by atoms with Crippen LogP contribution >= 0.6 is 0 Å². The monoisotopic (exact) mass is 249 g/mol. The van der Waals surface area contributed by atoms with Crippen LogP contribution in [0, 0.1) is 0 Å². The summed E-state index contributed by atoms with van der Waals surface area (Å²) in [4.78, 5) is 2.00. The molecule has 1 aromatic carbocycles. The van der Waals surface area contributed by atoms with Gasteiger partial charge in [0, 0.05) is 18.5 Å². The maximum Gasteiger partial charge on any atom is 0.0802 e. The zero-order valence-corrected chi connectivity index (χ0v) is 10.5. The van der Waals surface area contributed by atoms with E-state index in [1.165, 1.54) is 0 Å². The summed E-state index contributed by atoms with van der Waals surface area (Å²) >= 11 is 0. The largest absolute Gasteiger partial charge is 0.395 e. The molecule has 0 saturated carbocycles. The number of aromatic nitrogens is 2. The van der Waals surface area contributed by atoms with Crippen molar-refractivity contribution in [1.82, 2.24) is 15.1 Å². The average molecular weight is 249 g/mol. The summed E-state index contributed by atoms with van der Waals surface area (Å²) in [7, 11) is 1.93. The highest BCUT2D eigenvalue weighted by Crippen LogP contribution is 2.21. The van der Waals surface area contributed by atoms with Crippen LogP contribution in [-0.2, 0) is 0 Å². The van der Waals surface area contributed by atoms with Gasteiger partial charge < -0.3 is 15.1 Å². The number of aromatic amines is 1. The molecule has 0 aliphatic rings. The van der Waals surface area contributed by atoms with Crippen molar-refractivity contribution in [2.75, 3.05) is 26.7 Å². The van der Waals surface area contributed by atoms with E-state index in [0.29, 0.717) is 13.0 Å². The van der Waals surface area contributed by atoms with Crippen LogP contribution in [0.5, 0.6) is 0 Å². The Morgan fingerprint density at radius 1 is 1.39 bits per heavy atom. The Morgan fingerprint density at radius 3 is 3.00 bits per heavy atom. The van der Waals surface area contributed by atoms with Crippen molar-refractivity contribution in [3.05, 3.63) is 30.0 Å². The van der Waals surface area contributed by atoms with Crippen molar-refractivity contribution in [2.24, 2.45) is 0 Å². The lowest BCUT2D eigenvalue weighted by Crippen LogP contribution is -2.24. The molecule has 1 heterocycles. The quantitative estimate of drug-likeness (QED) is 0.711. The number of hydrogen-bond acceptors (Lipinski definition) is 4. The molecule has 18 heavy (non-hydrogen) atoms. The summed E-state index contributed by atoms with van der Waals surface area (Å²) in [5.74, 6) is 0. The number of aliphatic hydroxyl groups is 2. The standard InChI is InChI=1S/C13H19N3O2/c1-16(6-7-17)5-4-13(18)10-2-3-12-11(8-10)9-14-15-12/h2-3,8-9,13,17-18H,4-7H2,1H3,(H,14,15). The van der Waals surface area contributed by atoms with Crippen LogP contribution in [0.1, 0.15) is 18.1 Å². The molecular formula is C13H19N3O2. The van der Waals surface area contributed by atoms with Gasteiger partial charge in [0.1, 0.15) is 0 Å². The zero-order chi connectivity index (χ0) is 13.0. The van der Waals surface area contributed by atoms with Crippen molar-refractivity contribution in [3.8, 4) is 0 Å². The maximum absolute atomic E-state index is 10.1. The van der Waals surface area contributed by atoms with Crippen molar-refractivity contribution in [3.63, 3.8) is 0 Å². The molecule has 5 nitrogen and oxygen atoms in total. The van der Waals surface area contributed by atoms with Gasteiger partial charge >= 0.3 is 0 Å². The molecule has 0 amide bonds. The zero-order valence-electron chi connectivity index (χ0n) is 10.5. The molecule has 3 N–H and O–H groups in total. The molecule has 0 aliphatic carbocycles. The van der Waals surface area contributed by atoms with Gasteiger partial charge in [-0.1, -0.05) is 6.07 Å². The lowest BCUT2D eigenvalue weighted by molar-refractivity contribution is 0.141.